The fourth-order valence-corrected chi connectivity index (χ4v) is 4.78. The van der Waals surface area contributed by atoms with Gasteiger partial charge >= 0.3 is 0 Å². The van der Waals surface area contributed by atoms with Gasteiger partial charge < -0.3 is 30.3 Å². The largest absolute Gasteiger partial charge is 0.496 e. The molecule has 1 heterocycles. The van der Waals surface area contributed by atoms with Crippen LogP contribution in [0.25, 0.3) is 10.9 Å². The van der Waals surface area contributed by atoms with Crippen molar-refractivity contribution in [3.63, 3.8) is 0 Å². The fourth-order valence-electron chi connectivity index (χ4n) is 4.29. The normalized spacial score (nSPS) is 12.8. The SMILES string of the molecule is CCCN(CC)CCCNC(=O)c1cc2c(Oc3ccc(NC(=S)NC4CC4)c(Cl)c3)ccnc2cc1OC. The van der Waals surface area contributed by atoms with Crippen molar-refractivity contribution in [1.82, 2.24) is 20.5 Å². The van der Waals surface area contributed by atoms with Crippen molar-refractivity contribution >= 4 is 51.4 Å². The number of thiocarbonyl (C=S) groups is 1. The smallest absolute Gasteiger partial charge is 0.255 e. The van der Waals surface area contributed by atoms with E-state index in [9.17, 15) is 4.79 Å². The maximum Gasteiger partial charge on any atom is 0.255 e. The van der Waals surface area contributed by atoms with E-state index in [1.165, 1.54) is 0 Å². The number of carbonyl (C=O) groups is 1. The number of aromatic nitrogens is 1. The first kappa shape index (κ1) is 28.9. The molecule has 1 fully saturated rings. The number of rotatable bonds is 13. The summed E-state index contributed by atoms with van der Waals surface area (Å²) >= 11 is 11.9. The Labute approximate surface area is 240 Å². The molecule has 0 spiro atoms. The van der Waals surface area contributed by atoms with Gasteiger partial charge in [-0.05, 0) is 81.8 Å². The number of ether oxygens (including phenoxy) is 2. The maximum absolute atomic E-state index is 13.1. The van der Waals surface area contributed by atoms with Crippen molar-refractivity contribution in [1.29, 1.82) is 0 Å². The zero-order valence-electron chi connectivity index (χ0n) is 22.7. The van der Waals surface area contributed by atoms with Gasteiger partial charge in [0.25, 0.3) is 5.91 Å². The van der Waals surface area contributed by atoms with Gasteiger partial charge in [-0.2, -0.15) is 0 Å². The molecule has 3 N–H and O–H groups in total. The lowest BCUT2D eigenvalue weighted by Crippen LogP contribution is -2.30. The molecule has 0 unspecified atom stereocenters. The molecule has 0 radical (unpaired) electrons. The van der Waals surface area contributed by atoms with Crippen LogP contribution in [0.3, 0.4) is 0 Å². The van der Waals surface area contributed by atoms with E-state index in [4.69, 9.17) is 33.3 Å². The second-order valence-corrected chi connectivity index (χ2v) is 10.4. The Bertz CT molecular complexity index is 1320. The molecule has 1 amide bonds. The van der Waals surface area contributed by atoms with Crippen LogP contribution in [0.15, 0.2) is 42.6 Å². The average Bonchev–Trinajstić information content (AvgIpc) is 3.75. The summed E-state index contributed by atoms with van der Waals surface area (Å²) in [5.74, 6) is 1.36. The lowest BCUT2D eigenvalue weighted by Gasteiger charge is -2.19. The predicted molar refractivity (Wildman–Crippen MR) is 162 cm³/mol. The van der Waals surface area contributed by atoms with Gasteiger partial charge in [0.15, 0.2) is 5.11 Å². The van der Waals surface area contributed by atoms with Crippen LogP contribution >= 0.6 is 23.8 Å². The van der Waals surface area contributed by atoms with E-state index < -0.39 is 0 Å². The average molecular weight is 570 g/mol. The Balaban J connectivity index is 1.48. The number of methoxy groups -OCH3 is 1. The summed E-state index contributed by atoms with van der Waals surface area (Å²) in [5, 5.41) is 11.1. The van der Waals surface area contributed by atoms with Gasteiger partial charge in [0.2, 0.25) is 0 Å². The molecule has 0 bridgehead atoms. The molecular formula is C29H36ClN5O3S. The molecule has 1 aliphatic carbocycles. The van der Waals surface area contributed by atoms with Gasteiger partial charge in [0.05, 0.1) is 28.9 Å². The lowest BCUT2D eigenvalue weighted by atomic mass is 10.1. The number of amides is 1. The molecule has 208 valence electrons. The number of carbonyl (C=O) groups excluding carboxylic acids is 1. The summed E-state index contributed by atoms with van der Waals surface area (Å²) in [6.07, 6.45) is 5.92. The zero-order valence-corrected chi connectivity index (χ0v) is 24.3. The van der Waals surface area contributed by atoms with Gasteiger partial charge in [0.1, 0.15) is 17.2 Å². The molecule has 0 atom stereocenters. The molecule has 1 aliphatic rings. The minimum absolute atomic E-state index is 0.198. The molecule has 8 nitrogen and oxygen atoms in total. The number of pyridine rings is 1. The Morgan fingerprint density at radius 3 is 2.67 bits per heavy atom. The van der Waals surface area contributed by atoms with Crippen molar-refractivity contribution < 1.29 is 14.3 Å². The summed E-state index contributed by atoms with van der Waals surface area (Å²) in [6.45, 7) is 7.93. The van der Waals surface area contributed by atoms with E-state index in [1.807, 2.05) is 12.1 Å². The number of benzene rings is 2. The minimum Gasteiger partial charge on any atom is -0.496 e. The monoisotopic (exact) mass is 569 g/mol. The van der Waals surface area contributed by atoms with Gasteiger partial charge in [-0.15, -0.1) is 0 Å². The Morgan fingerprint density at radius 2 is 1.97 bits per heavy atom. The Morgan fingerprint density at radius 1 is 1.15 bits per heavy atom. The van der Waals surface area contributed by atoms with Gasteiger partial charge in [-0.3, -0.25) is 9.78 Å². The van der Waals surface area contributed by atoms with Crippen molar-refractivity contribution in [3.8, 4) is 17.2 Å². The van der Waals surface area contributed by atoms with Crippen LogP contribution in [0.5, 0.6) is 17.2 Å². The molecule has 10 heteroatoms. The quantitative estimate of drug-likeness (QED) is 0.171. The highest BCUT2D eigenvalue weighted by atomic mass is 35.5. The molecule has 3 aromatic rings. The first-order valence-corrected chi connectivity index (χ1v) is 14.2. The van der Waals surface area contributed by atoms with Crippen molar-refractivity contribution in [2.75, 3.05) is 38.6 Å². The molecular weight excluding hydrogens is 534 g/mol. The van der Waals surface area contributed by atoms with Crippen LogP contribution in [0.1, 0.15) is 49.9 Å². The number of hydrogen-bond donors (Lipinski definition) is 3. The molecule has 0 aliphatic heterocycles. The van der Waals surface area contributed by atoms with E-state index in [1.54, 1.807) is 37.6 Å². The van der Waals surface area contributed by atoms with E-state index in [2.05, 4.69) is 39.7 Å². The number of nitrogens with one attached hydrogen (secondary N) is 3. The van der Waals surface area contributed by atoms with Crippen LogP contribution in [-0.4, -0.2) is 60.2 Å². The predicted octanol–water partition coefficient (Wildman–Crippen LogP) is 5.99. The van der Waals surface area contributed by atoms with Crippen molar-refractivity contribution in [2.45, 2.75) is 45.6 Å². The van der Waals surface area contributed by atoms with E-state index >= 15 is 0 Å². The third kappa shape index (κ3) is 7.94. The third-order valence-electron chi connectivity index (χ3n) is 6.52. The van der Waals surface area contributed by atoms with Gasteiger partial charge in [0, 0.05) is 36.3 Å². The number of hydrogen-bond acceptors (Lipinski definition) is 6. The first-order chi connectivity index (χ1) is 18.9. The van der Waals surface area contributed by atoms with Crippen LogP contribution in [0, 0.1) is 0 Å². The van der Waals surface area contributed by atoms with Crippen LogP contribution in [-0.2, 0) is 0 Å². The summed E-state index contributed by atoms with van der Waals surface area (Å²) in [4.78, 5) is 19.9. The molecule has 2 aromatic carbocycles. The number of nitrogens with zero attached hydrogens (tertiary/aromatic N) is 2. The number of fused-ring (bicyclic) bond motifs is 1. The highest BCUT2D eigenvalue weighted by Gasteiger charge is 2.22. The lowest BCUT2D eigenvalue weighted by molar-refractivity contribution is 0.0949. The molecule has 39 heavy (non-hydrogen) atoms. The van der Waals surface area contributed by atoms with Crippen LogP contribution < -0.4 is 25.4 Å². The topological polar surface area (TPSA) is 87.8 Å². The molecule has 1 aromatic heterocycles. The van der Waals surface area contributed by atoms with E-state index in [-0.39, 0.29) is 5.91 Å². The summed E-state index contributed by atoms with van der Waals surface area (Å²) in [5.41, 5.74) is 1.78. The Kier molecular flexibility index (Phi) is 10.2. The van der Waals surface area contributed by atoms with Gasteiger partial charge in [-0.1, -0.05) is 25.4 Å². The number of halogens is 1. The summed E-state index contributed by atoms with van der Waals surface area (Å²) < 4.78 is 11.7. The molecule has 1 saturated carbocycles. The molecule has 4 rings (SSSR count). The summed E-state index contributed by atoms with van der Waals surface area (Å²) in [7, 11) is 1.55. The summed E-state index contributed by atoms with van der Waals surface area (Å²) in [6, 6.07) is 11.1. The third-order valence-corrected chi connectivity index (χ3v) is 7.05. The number of anilines is 1. The Hall–Kier alpha value is -3.14. The van der Waals surface area contributed by atoms with E-state index in [0.29, 0.717) is 62.1 Å². The van der Waals surface area contributed by atoms with E-state index in [0.717, 1.165) is 45.3 Å². The highest BCUT2D eigenvalue weighted by Crippen LogP contribution is 2.35. The van der Waals surface area contributed by atoms with Crippen molar-refractivity contribution in [2.24, 2.45) is 0 Å². The second kappa shape index (κ2) is 13.8. The molecule has 0 saturated heterocycles. The minimum atomic E-state index is -0.198. The van der Waals surface area contributed by atoms with Crippen LogP contribution in [0.2, 0.25) is 5.02 Å². The van der Waals surface area contributed by atoms with Crippen LogP contribution in [0.4, 0.5) is 5.69 Å². The van der Waals surface area contributed by atoms with Crippen molar-refractivity contribution in [3.05, 3.63) is 53.2 Å². The first-order valence-electron chi connectivity index (χ1n) is 13.4. The standard InChI is InChI=1S/C29H36ClN5O3S/c1-4-14-35(5-2)15-6-12-32-28(36)22-17-21-25(18-27(22)37-3)31-13-11-26(21)38-20-9-10-24(23(30)16-20)34-29(39)33-19-7-8-19/h9-11,13,16-19H,4-8,12,14-15H2,1-3H3,(H,32,36)(H2,33,34,39). The maximum atomic E-state index is 13.1. The second-order valence-electron chi connectivity index (χ2n) is 9.54. The zero-order chi connectivity index (χ0) is 27.8. The fraction of sp³-hybridized carbons (Fsp3) is 0.414. The highest BCUT2D eigenvalue weighted by molar-refractivity contribution is 7.80. The van der Waals surface area contributed by atoms with Gasteiger partial charge in [-0.25, -0.2) is 0 Å².